The van der Waals surface area contributed by atoms with Crippen molar-refractivity contribution in [2.75, 3.05) is 20.3 Å². The van der Waals surface area contributed by atoms with Crippen molar-refractivity contribution in [1.82, 2.24) is 5.32 Å². The number of ether oxygens (including phenoxy) is 2. The lowest BCUT2D eigenvalue weighted by Crippen LogP contribution is -2.23. The number of halogens is 1. The van der Waals surface area contributed by atoms with Crippen LogP contribution in [-0.4, -0.2) is 26.2 Å². The average Bonchev–Trinajstić information content (AvgIpc) is 2.47. The van der Waals surface area contributed by atoms with Gasteiger partial charge < -0.3 is 14.8 Å². The minimum absolute atomic E-state index is 0.121. The molecule has 0 aliphatic rings. The standard InChI is InChI=1S/C17H24ClNO3/c1-5-22-17-14(18)10-13(11-15(17)21-4)6-7-16(20)19-9-8-12(2)3/h6-7,10-12H,5,8-9H2,1-4H3,(H,19,20)/b7-6+. The summed E-state index contributed by atoms with van der Waals surface area (Å²) in [6.07, 6.45) is 4.16. The van der Waals surface area contributed by atoms with Crippen LogP contribution in [0.3, 0.4) is 0 Å². The molecule has 0 radical (unpaired) electrons. The molecule has 5 heteroatoms. The molecule has 0 heterocycles. The maximum atomic E-state index is 11.7. The van der Waals surface area contributed by atoms with Crippen LogP contribution in [0.25, 0.3) is 6.08 Å². The smallest absolute Gasteiger partial charge is 0.243 e. The number of methoxy groups -OCH3 is 1. The highest BCUT2D eigenvalue weighted by Crippen LogP contribution is 2.36. The molecule has 0 unspecified atom stereocenters. The Kier molecular flexibility index (Phi) is 7.82. The summed E-state index contributed by atoms with van der Waals surface area (Å²) in [5.41, 5.74) is 0.782. The van der Waals surface area contributed by atoms with Gasteiger partial charge in [0.2, 0.25) is 5.91 Å². The number of nitrogens with one attached hydrogen (secondary N) is 1. The molecule has 0 aliphatic heterocycles. The second-order valence-electron chi connectivity index (χ2n) is 5.27. The Morgan fingerprint density at radius 3 is 2.73 bits per heavy atom. The molecule has 0 bridgehead atoms. The molecule has 0 fully saturated rings. The van der Waals surface area contributed by atoms with Gasteiger partial charge in [0.25, 0.3) is 0 Å². The molecule has 0 spiro atoms. The molecular weight excluding hydrogens is 302 g/mol. The number of rotatable bonds is 8. The molecule has 0 saturated heterocycles. The molecule has 1 aromatic carbocycles. The monoisotopic (exact) mass is 325 g/mol. The fourth-order valence-electron chi connectivity index (χ4n) is 1.84. The quantitative estimate of drug-likeness (QED) is 0.737. The Morgan fingerprint density at radius 2 is 2.14 bits per heavy atom. The highest BCUT2D eigenvalue weighted by Gasteiger charge is 2.10. The first-order chi connectivity index (χ1) is 10.5. The predicted molar refractivity (Wildman–Crippen MR) is 90.7 cm³/mol. The van der Waals surface area contributed by atoms with Crippen molar-refractivity contribution < 1.29 is 14.3 Å². The van der Waals surface area contributed by atoms with Gasteiger partial charge in [0.1, 0.15) is 0 Å². The summed E-state index contributed by atoms with van der Waals surface area (Å²) >= 11 is 6.19. The third-order valence-electron chi connectivity index (χ3n) is 2.99. The van der Waals surface area contributed by atoms with Gasteiger partial charge in [-0.05, 0) is 43.0 Å². The number of carbonyl (C=O) groups excluding carboxylic acids is 1. The van der Waals surface area contributed by atoms with E-state index in [9.17, 15) is 4.79 Å². The van der Waals surface area contributed by atoms with Crippen molar-refractivity contribution in [3.8, 4) is 11.5 Å². The number of hydrogen-bond donors (Lipinski definition) is 1. The van der Waals surface area contributed by atoms with E-state index in [0.717, 1.165) is 12.0 Å². The van der Waals surface area contributed by atoms with Crippen LogP contribution in [0.1, 0.15) is 32.8 Å². The molecule has 0 aliphatic carbocycles. The lowest BCUT2D eigenvalue weighted by Gasteiger charge is -2.11. The number of amides is 1. The fraction of sp³-hybridized carbons (Fsp3) is 0.471. The van der Waals surface area contributed by atoms with Gasteiger partial charge in [-0.15, -0.1) is 0 Å². The summed E-state index contributed by atoms with van der Waals surface area (Å²) in [5.74, 6) is 1.52. The van der Waals surface area contributed by atoms with Gasteiger partial charge in [-0.25, -0.2) is 0 Å². The summed E-state index contributed by atoms with van der Waals surface area (Å²) in [4.78, 5) is 11.7. The molecule has 22 heavy (non-hydrogen) atoms. The third kappa shape index (κ3) is 5.98. The normalized spacial score (nSPS) is 11.0. The van der Waals surface area contributed by atoms with Crippen LogP contribution in [0.4, 0.5) is 0 Å². The minimum Gasteiger partial charge on any atom is -0.493 e. The van der Waals surface area contributed by atoms with E-state index in [1.807, 2.05) is 6.92 Å². The molecule has 1 rings (SSSR count). The second-order valence-corrected chi connectivity index (χ2v) is 5.68. The summed E-state index contributed by atoms with van der Waals surface area (Å²) in [5, 5.41) is 3.30. The molecule has 0 aromatic heterocycles. The lowest BCUT2D eigenvalue weighted by molar-refractivity contribution is -0.116. The molecular formula is C17H24ClNO3. The maximum Gasteiger partial charge on any atom is 0.243 e. The maximum absolute atomic E-state index is 11.7. The van der Waals surface area contributed by atoms with E-state index in [4.69, 9.17) is 21.1 Å². The van der Waals surface area contributed by atoms with Crippen molar-refractivity contribution >= 4 is 23.6 Å². The summed E-state index contributed by atoms with van der Waals surface area (Å²) in [7, 11) is 1.56. The Bertz CT molecular complexity index is 527. The molecule has 1 amide bonds. The first-order valence-corrected chi connectivity index (χ1v) is 7.82. The molecule has 122 valence electrons. The Morgan fingerprint density at radius 1 is 1.41 bits per heavy atom. The summed E-state index contributed by atoms with van der Waals surface area (Å²) < 4.78 is 10.7. The van der Waals surface area contributed by atoms with Gasteiger partial charge in [0.15, 0.2) is 11.5 Å². The van der Waals surface area contributed by atoms with E-state index in [0.29, 0.717) is 35.6 Å². The van der Waals surface area contributed by atoms with Crippen molar-refractivity contribution in [1.29, 1.82) is 0 Å². The third-order valence-corrected chi connectivity index (χ3v) is 3.27. The van der Waals surface area contributed by atoms with Gasteiger partial charge in [-0.2, -0.15) is 0 Å². The zero-order valence-electron chi connectivity index (χ0n) is 13.6. The van der Waals surface area contributed by atoms with E-state index >= 15 is 0 Å². The van der Waals surface area contributed by atoms with Crippen LogP contribution in [-0.2, 0) is 4.79 Å². The largest absolute Gasteiger partial charge is 0.493 e. The predicted octanol–water partition coefficient (Wildman–Crippen LogP) is 3.92. The lowest BCUT2D eigenvalue weighted by atomic mass is 10.1. The zero-order valence-corrected chi connectivity index (χ0v) is 14.4. The highest BCUT2D eigenvalue weighted by molar-refractivity contribution is 6.32. The van der Waals surface area contributed by atoms with Crippen molar-refractivity contribution in [3.05, 3.63) is 28.8 Å². The van der Waals surface area contributed by atoms with Crippen LogP contribution in [0.2, 0.25) is 5.02 Å². The van der Waals surface area contributed by atoms with Crippen molar-refractivity contribution in [2.24, 2.45) is 5.92 Å². The SMILES string of the molecule is CCOc1c(Cl)cc(/C=C/C(=O)NCCC(C)C)cc1OC. The molecule has 0 atom stereocenters. The van der Waals surface area contributed by atoms with Crippen LogP contribution >= 0.6 is 11.6 Å². The van der Waals surface area contributed by atoms with E-state index in [1.165, 1.54) is 6.08 Å². The molecule has 4 nitrogen and oxygen atoms in total. The van der Waals surface area contributed by atoms with E-state index in [1.54, 1.807) is 25.3 Å². The first kappa shape index (κ1) is 18.4. The number of benzene rings is 1. The van der Waals surface area contributed by atoms with E-state index in [2.05, 4.69) is 19.2 Å². The molecule has 1 aromatic rings. The Hall–Kier alpha value is -1.68. The van der Waals surface area contributed by atoms with Gasteiger partial charge in [0, 0.05) is 12.6 Å². The van der Waals surface area contributed by atoms with Gasteiger partial charge in [-0.3, -0.25) is 4.79 Å². The molecule has 0 saturated carbocycles. The highest BCUT2D eigenvalue weighted by atomic mass is 35.5. The van der Waals surface area contributed by atoms with E-state index in [-0.39, 0.29) is 5.91 Å². The van der Waals surface area contributed by atoms with Crippen LogP contribution in [0, 0.1) is 5.92 Å². The molecule has 1 N–H and O–H groups in total. The topological polar surface area (TPSA) is 47.6 Å². The first-order valence-electron chi connectivity index (χ1n) is 7.44. The Labute approximate surface area is 137 Å². The fourth-order valence-corrected chi connectivity index (χ4v) is 2.11. The number of hydrogen-bond acceptors (Lipinski definition) is 3. The van der Waals surface area contributed by atoms with Crippen LogP contribution in [0.5, 0.6) is 11.5 Å². The second kappa shape index (κ2) is 9.36. The minimum atomic E-state index is -0.121. The zero-order chi connectivity index (χ0) is 16.5. The van der Waals surface area contributed by atoms with Crippen molar-refractivity contribution in [3.63, 3.8) is 0 Å². The summed E-state index contributed by atoms with van der Waals surface area (Å²) in [6.45, 7) is 7.30. The van der Waals surface area contributed by atoms with E-state index < -0.39 is 0 Å². The summed E-state index contributed by atoms with van der Waals surface area (Å²) in [6, 6.07) is 3.53. The van der Waals surface area contributed by atoms with Crippen molar-refractivity contribution in [2.45, 2.75) is 27.2 Å². The Balaban J connectivity index is 2.74. The van der Waals surface area contributed by atoms with Gasteiger partial charge in [0.05, 0.1) is 18.7 Å². The number of carbonyl (C=O) groups is 1. The van der Waals surface area contributed by atoms with Gasteiger partial charge in [-0.1, -0.05) is 25.4 Å². The average molecular weight is 326 g/mol. The van der Waals surface area contributed by atoms with Crippen LogP contribution in [0.15, 0.2) is 18.2 Å². The van der Waals surface area contributed by atoms with Gasteiger partial charge >= 0.3 is 0 Å². The van der Waals surface area contributed by atoms with Crippen LogP contribution < -0.4 is 14.8 Å².